The number of hydrogen-bond donors (Lipinski definition) is 1. The molecule has 0 fully saturated rings. The summed E-state index contributed by atoms with van der Waals surface area (Å²) in [4.78, 5) is 0. The van der Waals surface area contributed by atoms with Gasteiger partial charge in [0.1, 0.15) is 5.69 Å². The van der Waals surface area contributed by atoms with Crippen molar-refractivity contribution < 1.29 is 9.84 Å². The van der Waals surface area contributed by atoms with E-state index in [9.17, 15) is 5.11 Å². The topological polar surface area (TPSA) is 60.2 Å². The predicted molar refractivity (Wildman–Crippen MR) is 67.4 cm³/mol. The van der Waals surface area contributed by atoms with Crippen LogP contribution in [0.1, 0.15) is 23.9 Å². The van der Waals surface area contributed by atoms with Crippen molar-refractivity contribution in [3.8, 4) is 5.69 Å². The highest BCUT2D eigenvalue weighted by atomic mass is 16.5. The molecule has 0 spiro atoms. The van der Waals surface area contributed by atoms with Gasteiger partial charge in [-0.05, 0) is 24.1 Å². The number of aliphatic hydroxyl groups excluding tert-OH is 1. The Kier molecular flexibility index (Phi) is 4.07. The summed E-state index contributed by atoms with van der Waals surface area (Å²) in [6.45, 7) is 2.35. The summed E-state index contributed by atoms with van der Waals surface area (Å²) in [6, 6.07) is 8.09. The van der Waals surface area contributed by atoms with Crippen LogP contribution in [0.25, 0.3) is 5.69 Å². The molecule has 0 radical (unpaired) electrons. The lowest BCUT2D eigenvalue weighted by Crippen LogP contribution is -2.05. The molecule has 18 heavy (non-hydrogen) atoms. The van der Waals surface area contributed by atoms with Gasteiger partial charge >= 0.3 is 0 Å². The van der Waals surface area contributed by atoms with E-state index in [1.165, 1.54) is 5.56 Å². The normalized spacial score (nSPS) is 10.8. The lowest BCUT2D eigenvalue weighted by atomic mass is 10.1. The molecule has 1 aromatic carbocycles. The van der Waals surface area contributed by atoms with Crippen molar-refractivity contribution >= 4 is 0 Å². The van der Waals surface area contributed by atoms with Gasteiger partial charge in [0.25, 0.3) is 0 Å². The Labute approximate surface area is 106 Å². The van der Waals surface area contributed by atoms with Crippen LogP contribution in [0.2, 0.25) is 0 Å². The molecule has 0 amide bonds. The average molecular weight is 247 g/mol. The third-order valence-corrected chi connectivity index (χ3v) is 2.84. The molecule has 5 nitrogen and oxygen atoms in total. The lowest BCUT2D eigenvalue weighted by molar-refractivity contribution is 0.175. The average Bonchev–Trinajstić information content (AvgIpc) is 2.82. The molecule has 0 unspecified atom stereocenters. The number of methoxy groups -OCH3 is 1. The molecule has 0 aliphatic heterocycles. The molecular formula is C13H17N3O2. The van der Waals surface area contributed by atoms with E-state index in [1.54, 1.807) is 11.8 Å². The number of benzene rings is 1. The Morgan fingerprint density at radius 3 is 2.89 bits per heavy atom. The summed E-state index contributed by atoms with van der Waals surface area (Å²) in [7, 11) is 1.61. The second kappa shape index (κ2) is 5.75. The predicted octanol–water partition coefficient (Wildman–Crippen LogP) is 1.47. The molecule has 0 aliphatic rings. The first-order valence-electron chi connectivity index (χ1n) is 5.92. The van der Waals surface area contributed by atoms with Crippen LogP contribution >= 0.6 is 0 Å². The zero-order valence-corrected chi connectivity index (χ0v) is 10.6. The van der Waals surface area contributed by atoms with Gasteiger partial charge in [0.05, 0.1) is 24.6 Å². The highest BCUT2D eigenvalue weighted by molar-refractivity contribution is 5.37. The molecule has 1 heterocycles. The fraction of sp³-hybridized carbons (Fsp3) is 0.385. The number of rotatable bonds is 5. The van der Waals surface area contributed by atoms with Crippen molar-refractivity contribution in [1.29, 1.82) is 0 Å². The number of aryl methyl sites for hydroxylation is 1. The van der Waals surface area contributed by atoms with Gasteiger partial charge in [-0.1, -0.05) is 24.3 Å². The molecule has 5 heteroatoms. The maximum absolute atomic E-state index is 9.23. The van der Waals surface area contributed by atoms with E-state index < -0.39 is 0 Å². The molecule has 0 aliphatic carbocycles. The van der Waals surface area contributed by atoms with Gasteiger partial charge < -0.3 is 9.84 Å². The molecule has 0 atom stereocenters. The van der Waals surface area contributed by atoms with Crippen LogP contribution in [-0.4, -0.2) is 27.2 Å². The lowest BCUT2D eigenvalue weighted by Gasteiger charge is -2.07. The third kappa shape index (κ3) is 2.42. The second-order valence-corrected chi connectivity index (χ2v) is 4.01. The third-order valence-electron chi connectivity index (χ3n) is 2.84. The summed E-state index contributed by atoms with van der Waals surface area (Å²) in [5.41, 5.74) is 3.51. The molecule has 0 saturated heterocycles. The summed E-state index contributed by atoms with van der Waals surface area (Å²) in [6.07, 6.45) is 0.967. The second-order valence-electron chi connectivity index (χ2n) is 4.01. The minimum Gasteiger partial charge on any atom is -0.390 e. The van der Waals surface area contributed by atoms with E-state index in [0.29, 0.717) is 12.3 Å². The minimum atomic E-state index is -0.133. The molecule has 1 N–H and O–H groups in total. The van der Waals surface area contributed by atoms with Crippen LogP contribution in [0.5, 0.6) is 0 Å². The fourth-order valence-electron chi connectivity index (χ4n) is 1.85. The van der Waals surface area contributed by atoms with Gasteiger partial charge in [-0.2, -0.15) is 0 Å². The van der Waals surface area contributed by atoms with Crippen molar-refractivity contribution in [2.45, 2.75) is 26.6 Å². The Balaban J connectivity index is 2.45. The van der Waals surface area contributed by atoms with Gasteiger partial charge in [-0.3, -0.25) is 0 Å². The van der Waals surface area contributed by atoms with Crippen molar-refractivity contribution in [3.05, 3.63) is 41.2 Å². The van der Waals surface area contributed by atoms with Crippen LogP contribution in [0, 0.1) is 0 Å². The molecule has 1 aromatic heterocycles. The molecule has 2 aromatic rings. The smallest absolute Gasteiger partial charge is 0.114 e. The Bertz CT molecular complexity index is 523. The van der Waals surface area contributed by atoms with E-state index in [1.807, 2.05) is 12.1 Å². The maximum atomic E-state index is 9.23. The van der Waals surface area contributed by atoms with E-state index >= 15 is 0 Å². The van der Waals surface area contributed by atoms with Crippen molar-refractivity contribution in [1.82, 2.24) is 15.0 Å². The van der Waals surface area contributed by atoms with E-state index in [0.717, 1.165) is 17.8 Å². The Morgan fingerprint density at radius 2 is 2.22 bits per heavy atom. The molecule has 0 saturated carbocycles. The largest absolute Gasteiger partial charge is 0.390 e. The van der Waals surface area contributed by atoms with Crippen LogP contribution in [0.4, 0.5) is 0 Å². The molecule has 0 bridgehead atoms. The summed E-state index contributed by atoms with van der Waals surface area (Å²) in [5, 5.41) is 17.3. The molecule has 96 valence electrons. The highest BCUT2D eigenvalue weighted by Gasteiger charge is 2.13. The van der Waals surface area contributed by atoms with Crippen LogP contribution < -0.4 is 0 Å². The van der Waals surface area contributed by atoms with Crippen molar-refractivity contribution in [2.24, 2.45) is 0 Å². The van der Waals surface area contributed by atoms with E-state index in [2.05, 4.69) is 29.4 Å². The standard InChI is InChI=1S/C13H17N3O2/c1-3-10-5-4-6-11(7-10)16-13(9-18-2)12(8-17)14-15-16/h4-7,17H,3,8-9H2,1-2H3. The Hall–Kier alpha value is -1.72. The Morgan fingerprint density at radius 1 is 1.39 bits per heavy atom. The minimum absolute atomic E-state index is 0.133. The first kappa shape index (κ1) is 12.7. The first-order valence-corrected chi connectivity index (χ1v) is 5.92. The number of ether oxygens (including phenoxy) is 1. The zero-order chi connectivity index (χ0) is 13.0. The molecular weight excluding hydrogens is 230 g/mol. The summed E-state index contributed by atoms with van der Waals surface area (Å²) >= 11 is 0. The SMILES string of the molecule is CCc1cccc(-n2nnc(CO)c2COC)c1. The number of aromatic nitrogens is 3. The maximum Gasteiger partial charge on any atom is 0.114 e. The van der Waals surface area contributed by atoms with Gasteiger partial charge in [0, 0.05) is 7.11 Å². The molecule has 2 rings (SSSR count). The highest BCUT2D eigenvalue weighted by Crippen LogP contribution is 2.15. The fourth-order valence-corrected chi connectivity index (χ4v) is 1.85. The van der Waals surface area contributed by atoms with Gasteiger partial charge in [-0.15, -0.1) is 5.10 Å². The monoisotopic (exact) mass is 247 g/mol. The first-order chi connectivity index (χ1) is 8.80. The van der Waals surface area contributed by atoms with E-state index in [4.69, 9.17) is 4.74 Å². The van der Waals surface area contributed by atoms with Crippen molar-refractivity contribution in [3.63, 3.8) is 0 Å². The number of aliphatic hydroxyl groups is 1. The van der Waals surface area contributed by atoms with Crippen LogP contribution in [0.15, 0.2) is 24.3 Å². The van der Waals surface area contributed by atoms with Gasteiger partial charge in [0.15, 0.2) is 0 Å². The summed E-state index contributed by atoms with van der Waals surface area (Å²) < 4.78 is 6.85. The number of nitrogens with zero attached hydrogens (tertiary/aromatic N) is 3. The van der Waals surface area contributed by atoms with E-state index in [-0.39, 0.29) is 6.61 Å². The van der Waals surface area contributed by atoms with Gasteiger partial charge in [0.2, 0.25) is 0 Å². The van der Waals surface area contributed by atoms with Crippen LogP contribution in [-0.2, 0) is 24.4 Å². The summed E-state index contributed by atoms with van der Waals surface area (Å²) in [5.74, 6) is 0. The van der Waals surface area contributed by atoms with Crippen LogP contribution in [0.3, 0.4) is 0 Å². The number of hydrogen-bond acceptors (Lipinski definition) is 4. The quantitative estimate of drug-likeness (QED) is 0.869. The van der Waals surface area contributed by atoms with Gasteiger partial charge in [-0.25, -0.2) is 4.68 Å². The van der Waals surface area contributed by atoms with Crippen molar-refractivity contribution in [2.75, 3.05) is 7.11 Å². The zero-order valence-electron chi connectivity index (χ0n) is 10.6.